The summed E-state index contributed by atoms with van der Waals surface area (Å²) < 4.78 is 4.96. The van der Waals surface area contributed by atoms with E-state index in [-0.39, 0.29) is 5.41 Å². The molecule has 15 rings (SSSR count). The normalized spacial score (nSPS) is 22.4. The number of rotatable bonds is 4. The van der Waals surface area contributed by atoms with Gasteiger partial charge >= 0.3 is 0 Å². The number of benzene rings is 8. The number of hydrogen-bond acceptors (Lipinski definition) is 0. The first-order valence-electron chi connectivity index (χ1n) is 22.2. The maximum Gasteiger partial charge on any atom is 0.0547 e. The Bertz CT molecular complexity index is 3370. The van der Waals surface area contributed by atoms with Crippen molar-refractivity contribution in [2.24, 2.45) is 23.7 Å². The molecule has 0 radical (unpaired) electrons. The molecule has 0 amide bonds. The molecule has 4 bridgehead atoms. The van der Waals surface area contributed by atoms with Crippen molar-refractivity contribution >= 4 is 43.6 Å². The van der Waals surface area contributed by atoms with Crippen LogP contribution in [0.15, 0.2) is 182 Å². The van der Waals surface area contributed by atoms with Gasteiger partial charge in [0.15, 0.2) is 0 Å². The van der Waals surface area contributed by atoms with Gasteiger partial charge in [0.1, 0.15) is 0 Å². The maximum atomic E-state index is 2.65. The lowest BCUT2D eigenvalue weighted by Gasteiger charge is -2.61. The SMILES string of the molecule is c1ccc(-n2c3ccccc3c3ccc(-c4ccc5c6ccccc6n(-c6ccccc6-c6ccc7c(c6)C6(c8ccccc8-7)C7CC8CC(C7)CC6C8)c5c4)cc32)cc1. The standard InChI is InChI=1S/C58H44N2/c1-2-12-43(13-3-1)59-54-20-10-6-16-47(54)49-26-22-38(34-56(49)59)39-23-27-50-48-17-7-11-21-55(48)60(57(50)35-39)53-19-9-5-14-44(53)40-24-25-46-45-15-4-8-18-51(45)58(52(46)33-40)41-29-36-28-37(31-41)32-42(58)30-36/h1-27,33-37,41-42H,28-32H2. The van der Waals surface area contributed by atoms with E-state index in [1.807, 2.05) is 0 Å². The molecule has 0 aliphatic heterocycles. The summed E-state index contributed by atoms with van der Waals surface area (Å²) in [5.41, 5.74) is 18.7. The molecule has 1 spiro atoms. The van der Waals surface area contributed by atoms with Crippen molar-refractivity contribution in [3.05, 3.63) is 193 Å². The first-order chi connectivity index (χ1) is 29.7. The van der Waals surface area contributed by atoms with E-state index in [1.165, 1.54) is 120 Å². The quantitative estimate of drug-likeness (QED) is 0.169. The average Bonchev–Trinajstić information content (AvgIpc) is 3.92. The molecule has 5 aliphatic carbocycles. The molecule has 0 unspecified atom stereocenters. The van der Waals surface area contributed by atoms with Gasteiger partial charge in [-0.05, 0) is 143 Å². The lowest BCUT2D eigenvalue weighted by atomic mass is 9.43. The van der Waals surface area contributed by atoms with E-state index < -0.39 is 0 Å². The van der Waals surface area contributed by atoms with E-state index >= 15 is 0 Å². The molecule has 60 heavy (non-hydrogen) atoms. The molecule has 4 saturated carbocycles. The molecule has 2 heteroatoms. The minimum absolute atomic E-state index is 0.138. The highest BCUT2D eigenvalue weighted by Gasteiger charge is 2.61. The zero-order valence-corrected chi connectivity index (χ0v) is 33.6. The van der Waals surface area contributed by atoms with Gasteiger partial charge in [0.2, 0.25) is 0 Å². The number of aromatic nitrogens is 2. The highest BCUT2D eigenvalue weighted by atomic mass is 15.0. The number of nitrogens with zero attached hydrogens (tertiary/aromatic N) is 2. The fourth-order valence-corrected chi connectivity index (χ4v) is 13.6. The Balaban J connectivity index is 0.959. The molecule has 8 aromatic carbocycles. The lowest BCUT2D eigenvalue weighted by molar-refractivity contribution is -0.0399. The third-order valence-corrected chi connectivity index (χ3v) is 15.7. The van der Waals surface area contributed by atoms with Crippen LogP contribution in [-0.2, 0) is 5.41 Å². The highest BCUT2D eigenvalue weighted by Crippen LogP contribution is 2.69. The molecule has 4 fully saturated rings. The van der Waals surface area contributed by atoms with Crippen molar-refractivity contribution in [3.8, 4) is 44.8 Å². The van der Waals surface area contributed by atoms with E-state index in [0.29, 0.717) is 0 Å². The van der Waals surface area contributed by atoms with Crippen LogP contribution in [0.5, 0.6) is 0 Å². The number of hydrogen-bond donors (Lipinski definition) is 0. The summed E-state index contributed by atoms with van der Waals surface area (Å²) in [6, 6.07) is 68.9. The predicted molar refractivity (Wildman–Crippen MR) is 249 cm³/mol. The summed E-state index contributed by atoms with van der Waals surface area (Å²) in [4.78, 5) is 0. The number of fused-ring (bicyclic) bond motifs is 9. The van der Waals surface area contributed by atoms with Crippen molar-refractivity contribution < 1.29 is 0 Å². The van der Waals surface area contributed by atoms with Crippen LogP contribution in [0.4, 0.5) is 0 Å². The van der Waals surface area contributed by atoms with Crippen LogP contribution in [-0.4, -0.2) is 9.13 Å². The Labute approximate surface area is 350 Å². The Morgan fingerprint density at radius 1 is 0.350 bits per heavy atom. The molecule has 286 valence electrons. The van der Waals surface area contributed by atoms with Crippen LogP contribution in [0.25, 0.3) is 88.4 Å². The molecular weight excluding hydrogens is 725 g/mol. The zero-order chi connectivity index (χ0) is 39.1. The summed E-state index contributed by atoms with van der Waals surface area (Å²) >= 11 is 0. The molecule has 10 aromatic rings. The van der Waals surface area contributed by atoms with Crippen molar-refractivity contribution in [2.45, 2.75) is 37.5 Å². The van der Waals surface area contributed by atoms with E-state index in [0.717, 1.165) is 23.7 Å². The minimum atomic E-state index is 0.138. The molecule has 0 N–H and O–H groups in total. The van der Waals surface area contributed by atoms with Crippen LogP contribution in [0.1, 0.15) is 43.2 Å². The van der Waals surface area contributed by atoms with Crippen LogP contribution >= 0.6 is 0 Å². The number of para-hydroxylation sites is 4. The molecule has 2 nitrogen and oxygen atoms in total. The van der Waals surface area contributed by atoms with Crippen LogP contribution in [0, 0.1) is 23.7 Å². The van der Waals surface area contributed by atoms with Crippen LogP contribution < -0.4 is 0 Å². The van der Waals surface area contributed by atoms with Crippen molar-refractivity contribution in [3.63, 3.8) is 0 Å². The Hall–Kier alpha value is -6.64. The van der Waals surface area contributed by atoms with Gasteiger partial charge in [-0.15, -0.1) is 0 Å². The summed E-state index contributed by atoms with van der Waals surface area (Å²) in [5.74, 6) is 3.33. The molecule has 0 saturated heterocycles. The van der Waals surface area contributed by atoms with E-state index in [2.05, 4.69) is 191 Å². The first-order valence-corrected chi connectivity index (χ1v) is 22.2. The second kappa shape index (κ2) is 12.2. The highest BCUT2D eigenvalue weighted by molar-refractivity contribution is 6.12. The molecule has 2 heterocycles. The van der Waals surface area contributed by atoms with Gasteiger partial charge < -0.3 is 9.13 Å². The summed E-state index contributed by atoms with van der Waals surface area (Å²) in [6.45, 7) is 0. The van der Waals surface area contributed by atoms with Crippen LogP contribution in [0.2, 0.25) is 0 Å². The monoisotopic (exact) mass is 768 g/mol. The van der Waals surface area contributed by atoms with Gasteiger partial charge in [-0.25, -0.2) is 0 Å². The van der Waals surface area contributed by atoms with E-state index in [4.69, 9.17) is 0 Å². The Morgan fingerprint density at radius 3 is 1.57 bits per heavy atom. The Morgan fingerprint density at radius 2 is 0.867 bits per heavy atom. The molecule has 2 aromatic heterocycles. The second-order valence-corrected chi connectivity index (χ2v) is 18.5. The van der Waals surface area contributed by atoms with Gasteiger partial charge in [-0.3, -0.25) is 0 Å². The van der Waals surface area contributed by atoms with Gasteiger partial charge in [0.25, 0.3) is 0 Å². The predicted octanol–water partition coefficient (Wildman–Crippen LogP) is 14.9. The van der Waals surface area contributed by atoms with Crippen molar-refractivity contribution in [2.75, 3.05) is 0 Å². The lowest BCUT2D eigenvalue weighted by Crippen LogP contribution is -2.55. The fourth-order valence-electron chi connectivity index (χ4n) is 13.6. The van der Waals surface area contributed by atoms with Gasteiger partial charge in [-0.1, -0.05) is 133 Å². The van der Waals surface area contributed by atoms with Crippen molar-refractivity contribution in [1.29, 1.82) is 0 Å². The van der Waals surface area contributed by atoms with Gasteiger partial charge in [0, 0.05) is 38.2 Å². The van der Waals surface area contributed by atoms with E-state index in [9.17, 15) is 0 Å². The smallest absolute Gasteiger partial charge is 0.0547 e. The van der Waals surface area contributed by atoms with E-state index in [1.54, 1.807) is 11.1 Å². The molecular formula is C58H44N2. The maximum absolute atomic E-state index is 2.65. The van der Waals surface area contributed by atoms with Gasteiger partial charge in [0.05, 0.1) is 27.8 Å². The summed E-state index contributed by atoms with van der Waals surface area (Å²) in [7, 11) is 0. The van der Waals surface area contributed by atoms with Crippen LogP contribution in [0.3, 0.4) is 0 Å². The Kier molecular flexibility index (Phi) is 6.76. The third kappa shape index (κ3) is 4.38. The zero-order valence-electron chi connectivity index (χ0n) is 33.6. The molecule has 5 aliphatic rings. The average molecular weight is 769 g/mol. The molecule has 0 atom stereocenters. The summed E-state index contributed by atoms with van der Waals surface area (Å²) in [6.07, 6.45) is 7.05. The minimum Gasteiger partial charge on any atom is -0.309 e. The first kappa shape index (κ1) is 33.2. The summed E-state index contributed by atoms with van der Waals surface area (Å²) in [5, 5.41) is 5.11. The topological polar surface area (TPSA) is 9.86 Å². The van der Waals surface area contributed by atoms with Crippen molar-refractivity contribution in [1.82, 2.24) is 9.13 Å². The second-order valence-electron chi connectivity index (χ2n) is 18.5. The largest absolute Gasteiger partial charge is 0.309 e. The fraction of sp³-hybridized carbons (Fsp3) is 0.172. The van der Waals surface area contributed by atoms with Gasteiger partial charge in [-0.2, -0.15) is 0 Å². The third-order valence-electron chi connectivity index (χ3n) is 15.7.